The van der Waals surface area contributed by atoms with Crippen molar-refractivity contribution in [3.63, 3.8) is 0 Å². The van der Waals surface area contributed by atoms with Gasteiger partial charge in [-0.05, 0) is 24.3 Å². The minimum atomic E-state index is -0.253. The molecule has 24 heavy (non-hydrogen) atoms. The van der Waals surface area contributed by atoms with Crippen molar-refractivity contribution in [2.24, 2.45) is 28.8 Å². The molecule has 6 nitrogen and oxygen atoms in total. The molecule has 4 unspecified atom stereocenters. The van der Waals surface area contributed by atoms with Crippen molar-refractivity contribution in [1.82, 2.24) is 5.01 Å². The van der Waals surface area contributed by atoms with E-state index in [0.29, 0.717) is 22.1 Å². The lowest BCUT2D eigenvalue weighted by Gasteiger charge is -2.13. The van der Waals surface area contributed by atoms with E-state index in [1.807, 2.05) is 0 Å². The monoisotopic (exact) mass is 344 g/mol. The summed E-state index contributed by atoms with van der Waals surface area (Å²) in [7, 11) is 0. The predicted molar refractivity (Wildman–Crippen MR) is 84.7 cm³/mol. The third-order valence-electron chi connectivity index (χ3n) is 5.25. The largest absolute Gasteiger partial charge is 0.454 e. The Morgan fingerprint density at radius 2 is 1.71 bits per heavy atom. The van der Waals surface area contributed by atoms with E-state index >= 15 is 0 Å². The zero-order valence-corrected chi connectivity index (χ0v) is 13.3. The van der Waals surface area contributed by atoms with E-state index in [0.717, 1.165) is 11.4 Å². The second kappa shape index (κ2) is 4.83. The normalized spacial score (nSPS) is 32.5. The number of hydrazone groups is 1. The molecule has 2 fully saturated rings. The minimum Gasteiger partial charge on any atom is -0.454 e. The number of hydrogen-bond acceptors (Lipinski definition) is 5. The van der Waals surface area contributed by atoms with Crippen LogP contribution in [0.5, 0.6) is 11.5 Å². The summed E-state index contributed by atoms with van der Waals surface area (Å²) in [5, 5.41) is 5.54. The number of amides is 2. The lowest BCUT2D eigenvalue weighted by molar-refractivity contribution is -0.140. The van der Waals surface area contributed by atoms with Crippen LogP contribution in [-0.4, -0.2) is 29.8 Å². The van der Waals surface area contributed by atoms with E-state index in [-0.39, 0.29) is 42.3 Å². The number of carbonyl (C=O) groups is 2. The number of halogens is 1. The molecule has 4 atom stereocenters. The number of allylic oxidation sites excluding steroid dienone is 2. The van der Waals surface area contributed by atoms with Crippen LogP contribution >= 0.6 is 11.6 Å². The van der Waals surface area contributed by atoms with Crippen LogP contribution in [0.25, 0.3) is 0 Å². The Morgan fingerprint density at radius 3 is 2.38 bits per heavy atom. The van der Waals surface area contributed by atoms with E-state index in [4.69, 9.17) is 21.1 Å². The SMILES string of the molecule is O=C1C2C3C=CC(C3)C2C(=O)N1/N=C/c1cc2c(cc1Cl)OCO2. The fourth-order valence-corrected chi connectivity index (χ4v) is 4.35. The zero-order chi connectivity index (χ0) is 16.4. The van der Waals surface area contributed by atoms with Crippen LogP contribution in [0.2, 0.25) is 5.02 Å². The highest BCUT2D eigenvalue weighted by Gasteiger charge is 2.59. The summed E-state index contributed by atoms with van der Waals surface area (Å²) >= 11 is 6.19. The van der Waals surface area contributed by atoms with Gasteiger partial charge in [0.1, 0.15) is 0 Å². The molecule has 2 aliphatic heterocycles. The fourth-order valence-electron chi connectivity index (χ4n) is 4.15. The molecule has 0 aromatic heterocycles. The number of hydrogen-bond donors (Lipinski definition) is 0. The van der Waals surface area contributed by atoms with Gasteiger partial charge >= 0.3 is 0 Å². The van der Waals surface area contributed by atoms with Gasteiger partial charge in [-0.25, -0.2) is 0 Å². The molecule has 1 aromatic rings. The molecular weight excluding hydrogens is 332 g/mol. The lowest BCUT2D eigenvalue weighted by Crippen LogP contribution is -2.28. The summed E-state index contributed by atoms with van der Waals surface area (Å²) in [5.74, 6) is 0.553. The number of rotatable bonds is 2. The maximum Gasteiger partial charge on any atom is 0.254 e. The van der Waals surface area contributed by atoms with Crippen LogP contribution in [0.3, 0.4) is 0 Å². The van der Waals surface area contributed by atoms with E-state index in [1.54, 1.807) is 12.1 Å². The molecule has 5 rings (SSSR count). The van der Waals surface area contributed by atoms with Crippen LogP contribution in [0, 0.1) is 23.7 Å². The third-order valence-corrected chi connectivity index (χ3v) is 5.58. The second-order valence-corrected chi connectivity index (χ2v) is 6.87. The quantitative estimate of drug-likeness (QED) is 0.468. The Hall–Kier alpha value is -2.34. The number of fused-ring (bicyclic) bond motifs is 6. The number of benzene rings is 1. The summed E-state index contributed by atoms with van der Waals surface area (Å²) in [4.78, 5) is 25.1. The van der Waals surface area contributed by atoms with Gasteiger partial charge in [0, 0.05) is 11.6 Å². The molecule has 0 radical (unpaired) electrons. The van der Waals surface area contributed by atoms with Gasteiger partial charge in [-0.2, -0.15) is 10.1 Å². The van der Waals surface area contributed by atoms with Gasteiger partial charge in [0.05, 0.1) is 23.1 Å². The van der Waals surface area contributed by atoms with E-state index in [9.17, 15) is 9.59 Å². The zero-order valence-electron chi connectivity index (χ0n) is 12.5. The average molecular weight is 345 g/mol. The first-order valence-corrected chi connectivity index (χ1v) is 8.20. The molecule has 4 aliphatic rings. The Labute approximate surface area is 142 Å². The topological polar surface area (TPSA) is 68.2 Å². The van der Waals surface area contributed by atoms with E-state index in [2.05, 4.69) is 17.3 Å². The molecule has 7 heteroatoms. The summed E-state index contributed by atoms with van der Waals surface area (Å²) in [6, 6.07) is 3.32. The molecule has 0 spiro atoms. The highest BCUT2D eigenvalue weighted by Crippen LogP contribution is 2.52. The van der Waals surface area contributed by atoms with Crippen molar-refractivity contribution in [3.05, 3.63) is 34.9 Å². The summed E-state index contributed by atoms with van der Waals surface area (Å²) < 4.78 is 10.6. The van der Waals surface area contributed by atoms with Gasteiger partial charge in [-0.15, -0.1) is 0 Å². The fraction of sp³-hybridized carbons (Fsp3) is 0.353. The molecule has 1 aromatic carbocycles. The highest BCUT2D eigenvalue weighted by atomic mass is 35.5. The minimum absolute atomic E-state index is 0.147. The molecule has 1 saturated carbocycles. The van der Waals surface area contributed by atoms with Crippen LogP contribution in [0.15, 0.2) is 29.4 Å². The van der Waals surface area contributed by atoms with Gasteiger partial charge in [-0.3, -0.25) is 9.59 Å². The van der Waals surface area contributed by atoms with Gasteiger partial charge in [0.25, 0.3) is 11.8 Å². The number of imide groups is 1. The van der Waals surface area contributed by atoms with Crippen molar-refractivity contribution < 1.29 is 19.1 Å². The Bertz CT molecular complexity index is 804. The van der Waals surface area contributed by atoms with E-state index < -0.39 is 0 Å². The molecule has 122 valence electrons. The maximum absolute atomic E-state index is 12.6. The molecule has 2 amide bonds. The van der Waals surface area contributed by atoms with Crippen molar-refractivity contribution in [3.8, 4) is 11.5 Å². The summed E-state index contributed by atoms with van der Waals surface area (Å²) in [5.41, 5.74) is 0.569. The molecule has 0 N–H and O–H groups in total. The molecule has 2 heterocycles. The van der Waals surface area contributed by atoms with Crippen molar-refractivity contribution in [1.29, 1.82) is 0 Å². The van der Waals surface area contributed by atoms with Gasteiger partial charge in [0.15, 0.2) is 11.5 Å². The molecule has 1 saturated heterocycles. The van der Waals surface area contributed by atoms with Crippen LogP contribution < -0.4 is 9.47 Å². The number of carbonyl (C=O) groups excluding carboxylic acids is 2. The van der Waals surface area contributed by atoms with Crippen molar-refractivity contribution in [2.75, 3.05) is 6.79 Å². The lowest BCUT2D eigenvalue weighted by atomic mass is 9.85. The average Bonchev–Trinajstić information content (AvgIpc) is 3.31. The van der Waals surface area contributed by atoms with E-state index in [1.165, 1.54) is 6.21 Å². The van der Waals surface area contributed by atoms with Crippen molar-refractivity contribution >= 4 is 29.6 Å². The molecule has 2 bridgehead atoms. The Kier molecular flexibility index (Phi) is 2.83. The van der Waals surface area contributed by atoms with Crippen molar-refractivity contribution in [2.45, 2.75) is 6.42 Å². The first-order valence-electron chi connectivity index (χ1n) is 7.83. The van der Waals surface area contributed by atoms with Crippen LogP contribution in [0.1, 0.15) is 12.0 Å². The van der Waals surface area contributed by atoms with Crippen LogP contribution in [0.4, 0.5) is 0 Å². The number of ether oxygens (including phenoxy) is 2. The Balaban J connectivity index is 1.44. The first kappa shape index (κ1) is 14.0. The van der Waals surface area contributed by atoms with Gasteiger partial charge in [0.2, 0.25) is 6.79 Å². The smallest absolute Gasteiger partial charge is 0.254 e. The highest BCUT2D eigenvalue weighted by molar-refractivity contribution is 6.33. The number of nitrogens with zero attached hydrogens (tertiary/aromatic N) is 2. The van der Waals surface area contributed by atoms with Gasteiger partial charge in [-0.1, -0.05) is 23.8 Å². The van der Waals surface area contributed by atoms with Gasteiger partial charge < -0.3 is 9.47 Å². The first-order chi connectivity index (χ1) is 11.6. The third kappa shape index (κ3) is 1.80. The molecule has 2 aliphatic carbocycles. The summed E-state index contributed by atoms with van der Waals surface area (Å²) in [6.45, 7) is 0.147. The van der Waals surface area contributed by atoms with Crippen LogP contribution in [-0.2, 0) is 9.59 Å². The Morgan fingerprint density at radius 1 is 1.08 bits per heavy atom. The molecular formula is C17H13ClN2O4. The standard InChI is InChI=1S/C17H13ClN2O4/c18-11-5-13-12(23-7-24-13)4-10(11)6-19-20-16(21)14-8-1-2-9(3-8)15(14)17(20)22/h1-2,4-6,8-9,14-15H,3,7H2/b19-6+. The summed E-state index contributed by atoms with van der Waals surface area (Å²) in [6.07, 6.45) is 6.44. The maximum atomic E-state index is 12.6. The second-order valence-electron chi connectivity index (χ2n) is 6.46. The predicted octanol–water partition coefficient (Wildman–Crippen LogP) is 2.21.